The molecule has 3 aromatic rings. The molecular formula is C24H25N3O2. The van der Waals surface area contributed by atoms with Gasteiger partial charge in [-0.3, -0.25) is 4.79 Å². The highest BCUT2D eigenvalue weighted by Gasteiger charge is 2.43. The number of benzene rings is 2. The summed E-state index contributed by atoms with van der Waals surface area (Å²) in [6.07, 6.45) is 10.0. The van der Waals surface area contributed by atoms with Crippen LogP contribution in [0.4, 0.5) is 0 Å². The van der Waals surface area contributed by atoms with Gasteiger partial charge < -0.3 is 14.2 Å². The van der Waals surface area contributed by atoms with Crippen LogP contribution in [0, 0.1) is 0 Å². The zero-order chi connectivity index (χ0) is 19.8. The van der Waals surface area contributed by atoms with Gasteiger partial charge in [0.2, 0.25) is 0 Å². The van der Waals surface area contributed by atoms with Gasteiger partial charge in [-0.15, -0.1) is 0 Å². The van der Waals surface area contributed by atoms with Crippen LogP contribution >= 0.6 is 0 Å². The molecule has 2 saturated heterocycles. The highest BCUT2D eigenvalue weighted by atomic mass is 16.5. The molecule has 2 unspecified atom stereocenters. The highest BCUT2D eigenvalue weighted by molar-refractivity contribution is 5.95. The van der Waals surface area contributed by atoms with Crippen LogP contribution in [0.5, 0.6) is 5.75 Å². The standard InChI is InChI=1S/C24H25N3O2/c1-29-23-4-2-3-19(13-23)17-5-7-18(8-6-17)24(28)27-20-9-10-21(27)15-22(14-20)26-12-11-25-16-26/h2-8,11-13,16,20-22H,9-10,14-15H2,1H3. The SMILES string of the molecule is COc1cccc(-c2ccc(C(=O)N3C4CCC3CC(n3ccnc3)C4)cc2)c1. The summed E-state index contributed by atoms with van der Waals surface area (Å²) >= 11 is 0. The molecular weight excluding hydrogens is 362 g/mol. The number of hydrogen-bond acceptors (Lipinski definition) is 3. The maximum atomic E-state index is 13.3. The molecule has 2 bridgehead atoms. The van der Waals surface area contributed by atoms with Gasteiger partial charge in [0.15, 0.2) is 0 Å². The van der Waals surface area contributed by atoms with Crippen LogP contribution < -0.4 is 4.74 Å². The topological polar surface area (TPSA) is 47.4 Å². The Kier molecular flexibility index (Phi) is 4.58. The number of fused-ring (bicyclic) bond motifs is 2. The predicted molar refractivity (Wildman–Crippen MR) is 112 cm³/mol. The first-order chi connectivity index (χ1) is 14.2. The highest BCUT2D eigenvalue weighted by Crippen LogP contribution is 2.41. The third-order valence-electron chi connectivity index (χ3n) is 6.42. The fraction of sp³-hybridized carbons (Fsp3) is 0.333. The lowest BCUT2D eigenvalue weighted by atomic mass is 9.95. The predicted octanol–water partition coefficient (Wildman–Crippen LogP) is 4.57. The van der Waals surface area contributed by atoms with E-state index in [-0.39, 0.29) is 5.91 Å². The van der Waals surface area contributed by atoms with E-state index >= 15 is 0 Å². The van der Waals surface area contributed by atoms with Crippen molar-refractivity contribution in [2.45, 2.75) is 43.8 Å². The number of amides is 1. The number of ether oxygens (including phenoxy) is 1. The van der Waals surface area contributed by atoms with Gasteiger partial charge in [-0.2, -0.15) is 0 Å². The zero-order valence-corrected chi connectivity index (χ0v) is 16.6. The molecule has 3 heterocycles. The number of methoxy groups -OCH3 is 1. The van der Waals surface area contributed by atoms with Crippen LogP contribution in [-0.2, 0) is 0 Å². The lowest BCUT2D eigenvalue weighted by molar-refractivity contribution is 0.0533. The number of hydrogen-bond donors (Lipinski definition) is 0. The van der Waals surface area contributed by atoms with Crippen LogP contribution in [0.25, 0.3) is 11.1 Å². The first-order valence-electron chi connectivity index (χ1n) is 10.3. The summed E-state index contributed by atoms with van der Waals surface area (Å²) in [7, 11) is 1.67. The summed E-state index contributed by atoms with van der Waals surface area (Å²) in [5.41, 5.74) is 2.95. The molecule has 2 atom stereocenters. The summed E-state index contributed by atoms with van der Waals surface area (Å²) < 4.78 is 7.52. The fourth-order valence-electron chi connectivity index (χ4n) is 4.97. The van der Waals surface area contributed by atoms with Gasteiger partial charge in [-0.05, 0) is 61.1 Å². The van der Waals surface area contributed by atoms with Crippen molar-refractivity contribution in [1.29, 1.82) is 0 Å². The average molecular weight is 387 g/mol. The Bertz CT molecular complexity index is 983. The van der Waals surface area contributed by atoms with E-state index in [2.05, 4.69) is 20.5 Å². The van der Waals surface area contributed by atoms with Gasteiger partial charge in [0.05, 0.1) is 13.4 Å². The smallest absolute Gasteiger partial charge is 0.254 e. The number of rotatable bonds is 4. The molecule has 0 N–H and O–H groups in total. The molecule has 0 saturated carbocycles. The minimum atomic E-state index is 0.166. The van der Waals surface area contributed by atoms with Gasteiger partial charge in [0.25, 0.3) is 5.91 Å². The molecule has 2 aliphatic rings. The molecule has 5 nitrogen and oxygen atoms in total. The first kappa shape index (κ1) is 18.0. The van der Waals surface area contributed by atoms with E-state index in [9.17, 15) is 4.79 Å². The van der Waals surface area contributed by atoms with Crippen LogP contribution in [0.1, 0.15) is 42.1 Å². The lowest BCUT2D eigenvalue weighted by Crippen LogP contribution is -2.46. The fourth-order valence-corrected chi connectivity index (χ4v) is 4.97. The van der Waals surface area contributed by atoms with Crippen molar-refractivity contribution >= 4 is 5.91 Å². The summed E-state index contributed by atoms with van der Waals surface area (Å²) in [6.45, 7) is 0. The molecule has 1 amide bonds. The second-order valence-electron chi connectivity index (χ2n) is 8.04. The third kappa shape index (κ3) is 3.31. The van der Waals surface area contributed by atoms with Gasteiger partial charge >= 0.3 is 0 Å². The molecule has 0 spiro atoms. The Morgan fingerprint density at radius 3 is 2.41 bits per heavy atom. The molecule has 2 fully saturated rings. The molecule has 29 heavy (non-hydrogen) atoms. The number of carbonyl (C=O) groups is 1. The Morgan fingerprint density at radius 2 is 1.76 bits per heavy atom. The zero-order valence-electron chi connectivity index (χ0n) is 16.6. The summed E-state index contributed by atoms with van der Waals surface area (Å²) in [4.78, 5) is 19.6. The number of carbonyl (C=O) groups excluding carboxylic acids is 1. The molecule has 2 aliphatic heterocycles. The monoisotopic (exact) mass is 387 g/mol. The summed E-state index contributed by atoms with van der Waals surface area (Å²) in [5.74, 6) is 0.999. The van der Waals surface area contributed by atoms with Crippen molar-refractivity contribution < 1.29 is 9.53 Å². The van der Waals surface area contributed by atoms with Crippen molar-refractivity contribution in [2.75, 3.05) is 7.11 Å². The van der Waals surface area contributed by atoms with Crippen LogP contribution in [-0.4, -0.2) is 39.6 Å². The van der Waals surface area contributed by atoms with Crippen molar-refractivity contribution in [1.82, 2.24) is 14.5 Å². The quantitative estimate of drug-likeness (QED) is 0.659. The Morgan fingerprint density at radius 1 is 1.00 bits per heavy atom. The number of piperidine rings is 1. The molecule has 148 valence electrons. The molecule has 5 heteroatoms. The van der Waals surface area contributed by atoms with Gasteiger partial charge in [-0.1, -0.05) is 24.3 Å². The summed E-state index contributed by atoms with van der Waals surface area (Å²) in [5, 5.41) is 0. The van der Waals surface area contributed by atoms with Crippen molar-refractivity contribution in [3.05, 3.63) is 72.8 Å². The Labute approximate surface area is 170 Å². The van der Waals surface area contributed by atoms with E-state index in [0.717, 1.165) is 48.1 Å². The maximum absolute atomic E-state index is 13.3. The van der Waals surface area contributed by atoms with E-state index in [1.165, 1.54) is 0 Å². The van der Waals surface area contributed by atoms with E-state index < -0.39 is 0 Å². The van der Waals surface area contributed by atoms with Gasteiger partial charge in [-0.25, -0.2) is 4.98 Å². The molecule has 0 aliphatic carbocycles. The summed E-state index contributed by atoms with van der Waals surface area (Å²) in [6, 6.07) is 17.1. The van der Waals surface area contributed by atoms with Crippen molar-refractivity contribution in [2.24, 2.45) is 0 Å². The van der Waals surface area contributed by atoms with E-state index in [1.807, 2.05) is 61.2 Å². The minimum Gasteiger partial charge on any atom is -0.497 e. The average Bonchev–Trinajstić information content (AvgIpc) is 3.40. The first-order valence-corrected chi connectivity index (χ1v) is 10.3. The number of imidazole rings is 1. The van der Waals surface area contributed by atoms with Gasteiger partial charge in [0.1, 0.15) is 5.75 Å². The van der Waals surface area contributed by atoms with Crippen LogP contribution in [0.15, 0.2) is 67.3 Å². The normalized spacial score (nSPS) is 23.2. The van der Waals surface area contributed by atoms with Gasteiger partial charge in [0, 0.05) is 36.1 Å². The minimum absolute atomic E-state index is 0.166. The lowest BCUT2D eigenvalue weighted by Gasteiger charge is -2.39. The second-order valence-corrected chi connectivity index (χ2v) is 8.04. The van der Waals surface area contributed by atoms with E-state index in [0.29, 0.717) is 18.1 Å². The van der Waals surface area contributed by atoms with Crippen LogP contribution in [0.2, 0.25) is 0 Å². The Balaban J connectivity index is 1.33. The molecule has 1 aromatic heterocycles. The number of aromatic nitrogens is 2. The maximum Gasteiger partial charge on any atom is 0.254 e. The van der Waals surface area contributed by atoms with E-state index in [4.69, 9.17) is 4.74 Å². The third-order valence-corrected chi connectivity index (χ3v) is 6.42. The van der Waals surface area contributed by atoms with Crippen molar-refractivity contribution in [3.63, 3.8) is 0 Å². The molecule has 5 rings (SSSR count). The molecule has 0 radical (unpaired) electrons. The Hall–Kier alpha value is -3.08. The molecule has 2 aromatic carbocycles. The largest absolute Gasteiger partial charge is 0.497 e. The second kappa shape index (κ2) is 7.39. The number of nitrogens with zero attached hydrogens (tertiary/aromatic N) is 3. The van der Waals surface area contributed by atoms with Crippen molar-refractivity contribution in [3.8, 4) is 16.9 Å². The van der Waals surface area contributed by atoms with E-state index in [1.54, 1.807) is 7.11 Å². The van der Waals surface area contributed by atoms with Crippen LogP contribution in [0.3, 0.4) is 0 Å².